The van der Waals surface area contributed by atoms with Crippen molar-refractivity contribution in [3.63, 3.8) is 0 Å². The Bertz CT molecular complexity index is 630. The Hall–Kier alpha value is -1.99. The highest BCUT2D eigenvalue weighted by molar-refractivity contribution is 5.68. The van der Waals surface area contributed by atoms with Gasteiger partial charge in [-0.15, -0.1) is 0 Å². The van der Waals surface area contributed by atoms with Gasteiger partial charge in [0, 0.05) is 19.6 Å². The first kappa shape index (κ1) is 19.8. The molecule has 2 heterocycles. The lowest BCUT2D eigenvalue weighted by Gasteiger charge is -2.30. The summed E-state index contributed by atoms with van der Waals surface area (Å²) in [5, 5.41) is 0. The topological polar surface area (TPSA) is 77.3 Å². The monoisotopic (exact) mass is 377 g/mol. The van der Waals surface area contributed by atoms with E-state index in [9.17, 15) is 4.79 Å². The summed E-state index contributed by atoms with van der Waals surface area (Å²) < 4.78 is 17.2. The summed E-state index contributed by atoms with van der Waals surface area (Å²) in [4.78, 5) is 16.6. The molecular weight excluding hydrogens is 346 g/mol. The van der Waals surface area contributed by atoms with Crippen LogP contribution in [0.1, 0.15) is 38.4 Å². The number of fused-ring (bicyclic) bond motifs is 1. The Morgan fingerprint density at radius 1 is 1.19 bits per heavy atom. The summed E-state index contributed by atoms with van der Waals surface area (Å²) in [5.41, 5.74) is 7.37. The molecule has 3 rings (SSSR count). The van der Waals surface area contributed by atoms with Gasteiger partial charge in [0.1, 0.15) is 19.3 Å². The lowest BCUT2D eigenvalue weighted by atomic mass is 10.0. The van der Waals surface area contributed by atoms with E-state index in [4.69, 9.17) is 19.9 Å². The quantitative estimate of drug-likeness (QED) is 0.786. The van der Waals surface area contributed by atoms with Gasteiger partial charge in [-0.25, -0.2) is 4.79 Å². The molecule has 1 amide bonds. The molecule has 0 bridgehead atoms. The molecule has 1 saturated heterocycles. The molecule has 0 spiro atoms. The zero-order chi connectivity index (χ0) is 19.2. The summed E-state index contributed by atoms with van der Waals surface area (Å²) in [6.45, 7) is 8.93. The van der Waals surface area contributed by atoms with Gasteiger partial charge in [-0.05, 0) is 57.5 Å². The third-order valence-electron chi connectivity index (χ3n) is 5.20. The van der Waals surface area contributed by atoms with Crippen molar-refractivity contribution >= 4 is 6.09 Å². The fourth-order valence-electron chi connectivity index (χ4n) is 3.66. The van der Waals surface area contributed by atoms with Gasteiger partial charge in [0.25, 0.3) is 0 Å². The highest BCUT2D eigenvalue weighted by atomic mass is 16.6. The van der Waals surface area contributed by atoms with Crippen molar-refractivity contribution in [1.29, 1.82) is 0 Å². The number of rotatable bonds is 7. The predicted molar refractivity (Wildman–Crippen MR) is 103 cm³/mol. The van der Waals surface area contributed by atoms with Crippen LogP contribution < -0.4 is 15.2 Å². The molecule has 1 aromatic rings. The van der Waals surface area contributed by atoms with E-state index in [1.165, 1.54) is 12.8 Å². The number of likely N-dealkylation sites (tertiary alicyclic amines) is 1. The maximum atomic E-state index is 12.6. The Kier molecular flexibility index (Phi) is 6.79. The minimum absolute atomic E-state index is 0.315. The first-order valence-electron chi connectivity index (χ1n) is 9.95. The number of hydrogen-bond donors (Lipinski definition) is 1. The standard InChI is InChI=1S/C20H31N3O4/c1-3-23(4-2)20(24)27-19(16(21)14-22-9-5-6-10-22)15-7-8-17-18(13-15)26-12-11-25-17/h7-8,13,16,19H,3-6,9-12,14,21H2,1-2H3/t16-,19-/m1/s1. The molecule has 0 unspecified atom stereocenters. The number of hydrogen-bond acceptors (Lipinski definition) is 6. The van der Waals surface area contributed by atoms with Crippen LogP contribution in [0.5, 0.6) is 11.5 Å². The van der Waals surface area contributed by atoms with Gasteiger partial charge >= 0.3 is 6.09 Å². The van der Waals surface area contributed by atoms with Gasteiger partial charge in [-0.2, -0.15) is 0 Å². The average Bonchev–Trinajstić information content (AvgIpc) is 3.19. The van der Waals surface area contributed by atoms with Crippen molar-refractivity contribution in [2.45, 2.75) is 38.8 Å². The van der Waals surface area contributed by atoms with Gasteiger partial charge in [0.15, 0.2) is 11.5 Å². The Balaban J connectivity index is 1.80. The fourth-order valence-corrected chi connectivity index (χ4v) is 3.66. The second-order valence-corrected chi connectivity index (χ2v) is 7.05. The van der Waals surface area contributed by atoms with Crippen LogP contribution in [0.15, 0.2) is 18.2 Å². The first-order valence-corrected chi connectivity index (χ1v) is 9.95. The van der Waals surface area contributed by atoms with E-state index < -0.39 is 6.10 Å². The molecule has 1 fully saturated rings. The molecule has 0 saturated carbocycles. The van der Waals surface area contributed by atoms with Crippen molar-refractivity contribution in [2.24, 2.45) is 5.73 Å². The highest BCUT2D eigenvalue weighted by Gasteiger charge is 2.29. The summed E-state index contributed by atoms with van der Waals surface area (Å²) in [6, 6.07) is 5.35. The second-order valence-electron chi connectivity index (χ2n) is 7.05. The largest absolute Gasteiger partial charge is 0.486 e. The number of benzene rings is 1. The van der Waals surface area contributed by atoms with Crippen molar-refractivity contribution in [3.8, 4) is 11.5 Å². The van der Waals surface area contributed by atoms with E-state index in [2.05, 4.69) is 4.90 Å². The molecule has 0 radical (unpaired) electrons. The van der Waals surface area contributed by atoms with Gasteiger partial charge < -0.3 is 29.7 Å². The van der Waals surface area contributed by atoms with Crippen LogP contribution in [0, 0.1) is 0 Å². The van der Waals surface area contributed by atoms with Crippen molar-refractivity contribution < 1.29 is 19.0 Å². The molecule has 2 atom stereocenters. The Labute approximate surface area is 161 Å². The number of carbonyl (C=O) groups is 1. The second kappa shape index (κ2) is 9.28. The minimum atomic E-state index is -0.533. The zero-order valence-corrected chi connectivity index (χ0v) is 16.4. The third kappa shape index (κ3) is 4.84. The van der Waals surface area contributed by atoms with Gasteiger partial charge in [0.05, 0.1) is 6.04 Å². The van der Waals surface area contributed by atoms with Gasteiger partial charge in [-0.1, -0.05) is 6.07 Å². The van der Waals surface area contributed by atoms with Crippen LogP contribution >= 0.6 is 0 Å². The van der Waals surface area contributed by atoms with Crippen LogP contribution in [0.3, 0.4) is 0 Å². The number of amides is 1. The maximum Gasteiger partial charge on any atom is 0.410 e. The van der Waals surface area contributed by atoms with E-state index >= 15 is 0 Å². The van der Waals surface area contributed by atoms with Crippen molar-refractivity contribution in [3.05, 3.63) is 23.8 Å². The van der Waals surface area contributed by atoms with Crippen molar-refractivity contribution in [2.75, 3.05) is 45.9 Å². The number of ether oxygens (including phenoxy) is 3. The SMILES string of the molecule is CCN(CC)C(=O)O[C@H](c1ccc2c(c1)OCCO2)[C@H](N)CN1CCCC1. The summed E-state index contributed by atoms with van der Waals surface area (Å²) >= 11 is 0. The summed E-state index contributed by atoms with van der Waals surface area (Å²) in [5.74, 6) is 1.39. The molecule has 0 aromatic heterocycles. The third-order valence-corrected chi connectivity index (χ3v) is 5.20. The number of carbonyl (C=O) groups excluding carboxylic acids is 1. The molecule has 150 valence electrons. The molecule has 2 N–H and O–H groups in total. The molecule has 1 aromatic carbocycles. The average molecular weight is 377 g/mol. The number of nitrogens with zero attached hydrogens (tertiary/aromatic N) is 2. The summed E-state index contributed by atoms with van der Waals surface area (Å²) in [6.07, 6.45) is 1.52. The van der Waals surface area contributed by atoms with E-state index in [-0.39, 0.29) is 12.1 Å². The van der Waals surface area contributed by atoms with Crippen LogP contribution in [-0.4, -0.2) is 67.9 Å². The molecule has 7 nitrogen and oxygen atoms in total. The maximum absolute atomic E-state index is 12.6. The summed E-state index contributed by atoms with van der Waals surface area (Å²) in [7, 11) is 0. The zero-order valence-electron chi connectivity index (χ0n) is 16.4. The Morgan fingerprint density at radius 3 is 2.52 bits per heavy atom. The van der Waals surface area contributed by atoms with E-state index in [0.717, 1.165) is 18.7 Å². The molecular formula is C20H31N3O4. The van der Waals surface area contributed by atoms with Crippen LogP contribution in [-0.2, 0) is 4.74 Å². The van der Waals surface area contributed by atoms with E-state index in [1.54, 1.807) is 4.90 Å². The van der Waals surface area contributed by atoms with Crippen molar-refractivity contribution in [1.82, 2.24) is 9.80 Å². The van der Waals surface area contributed by atoms with Gasteiger partial charge in [0.2, 0.25) is 0 Å². The van der Waals surface area contributed by atoms with Crippen LogP contribution in [0.25, 0.3) is 0 Å². The fraction of sp³-hybridized carbons (Fsp3) is 0.650. The molecule has 2 aliphatic rings. The highest BCUT2D eigenvalue weighted by Crippen LogP contribution is 2.34. The Morgan fingerprint density at radius 2 is 1.85 bits per heavy atom. The minimum Gasteiger partial charge on any atom is -0.486 e. The predicted octanol–water partition coefficient (Wildman–Crippen LogP) is 2.40. The van der Waals surface area contributed by atoms with E-state index in [0.29, 0.717) is 44.3 Å². The molecule has 27 heavy (non-hydrogen) atoms. The molecule has 2 aliphatic heterocycles. The smallest absolute Gasteiger partial charge is 0.410 e. The van der Waals surface area contributed by atoms with Crippen LogP contribution in [0.2, 0.25) is 0 Å². The number of nitrogens with two attached hydrogens (primary N) is 1. The first-order chi connectivity index (χ1) is 13.1. The molecule has 0 aliphatic carbocycles. The lowest BCUT2D eigenvalue weighted by Crippen LogP contribution is -2.43. The lowest BCUT2D eigenvalue weighted by molar-refractivity contribution is 0.0464. The van der Waals surface area contributed by atoms with Gasteiger partial charge in [-0.3, -0.25) is 0 Å². The molecule has 7 heteroatoms. The van der Waals surface area contributed by atoms with Crippen LogP contribution in [0.4, 0.5) is 4.79 Å². The normalized spacial score (nSPS) is 18.8. The van der Waals surface area contributed by atoms with E-state index in [1.807, 2.05) is 32.0 Å².